The van der Waals surface area contributed by atoms with Crippen molar-refractivity contribution in [2.24, 2.45) is 51.5 Å². The van der Waals surface area contributed by atoms with Crippen LogP contribution in [0.4, 0.5) is 0 Å². The summed E-state index contributed by atoms with van der Waals surface area (Å²) >= 11 is 0. The first-order valence-corrected chi connectivity index (χ1v) is 13.1. The fourth-order valence-electron chi connectivity index (χ4n) is 8.41. The number of hydrogen-bond donors (Lipinski definition) is 2. The van der Waals surface area contributed by atoms with Gasteiger partial charge in [-0.1, -0.05) is 65.5 Å². The molecule has 3 aliphatic carbocycles. The summed E-state index contributed by atoms with van der Waals surface area (Å²) < 4.78 is 0. The molecule has 3 heteroatoms. The van der Waals surface area contributed by atoms with Crippen molar-refractivity contribution in [2.75, 3.05) is 6.61 Å². The molecule has 0 aromatic rings. The molecule has 3 rings (SSSR count). The highest BCUT2D eigenvalue weighted by molar-refractivity contribution is 5.90. The lowest BCUT2D eigenvalue weighted by atomic mass is 9.47. The highest BCUT2D eigenvalue weighted by atomic mass is 16.4. The zero-order valence-corrected chi connectivity index (χ0v) is 20.5. The topological polar surface area (TPSA) is 52.8 Å². The summed E-state index contributed by atoms with van der Waals surface area (Å²) in [6, 6.07) is 0. The van der Waals surface area contributed by atoms with Gasteiger partial charge in [-0.3, -0.25) is 0 Å². The molecule has 30 heavy (non-hydrogen) atoms. The first-order chi connectivity index (χ1) is 14.3. The maximum Gasteiger partial charge on any atom is 0.0632 e. The minimum absolute atomic E-state index is 0.0230. The van der Waals surface area contributed by atoms with E-state index in [9.17, 15) is 10.3 Å². The highest BCUT2D eigenvalue weighted by Gasteiger charge is 2.59. The summed E-state index contributed by atoms with van der Waals surface area (Å²) in [5, 5.41) is 22.9. The van der Waals surface area contributed by atoms with Crippen LogP contribution in [0.1, 0.15) is 112 Å². The zero-order chi connectivity index (χ0) is 21.9. The van der Waals surface area contributed by atoms with Crippen LogP contribution in [0.5, 0.6) is 0 Å². The Kier molecular flexibility index (Phi) is 7.96. The molecule has 174 valence electrons. The average molecular weight is 420 g/mol. The molecule has 0 radical (unpaired) electrons. The number of rotatable bonds is 9. The standard InChI is InChI=1S/C27H49NO2/c1-19(2)9-8-10-20(3)22-12-13-23-21-11-14-25(28-30)27(5,16-6-7-18-29)24(21)15-17-26(22,23)4/h19-24,29-30H,6-18H2,1-5H3/b28-25-/t20-,21+,22-,23+,24+,26-,27-/m1/s1. The molecule has 0 bridgehead atoms. The Morgan fingerprint density at radius 3 is 2.40 bits per heavy atom. The van der Waals surface area contributed by atoms with E-state index in [1.807, 2.05) is 0 Å². The van der Waals surface area contributed by atoms with Crippen LogP contribution in [0.15, 0.2) is 5.16 Å². The molecule has 2 N–H and O–H groups in total. The van der Waals surface area contributed by atoms with Gasteiger partial charge in [-0.15, -0.1) is 0 Å². The first-order valence-electron chi connectivity index (χ1n) is 13.1. The van der Waals surface area contributed by atoms with Gasteiger partial charge in [-0.2, -0.15) is 0 Å². The summed E-state index contributed by atoms with van der Waals surface area (Å²) in [6.07, 6.45) is 14.8. The fraction of sp³-hybridized carbons (Fsp3) is 0.963. The number of unbranched alkanes of at least 4 members (excludes halogenated alkanes) is 1. The average Bonchev–Trinajstić information content (AvgIpc) is 3.05. The largest absolute Gasteiger partial charge is 0.411 e. The van der Waals surface area contributed by atoms with E-state index in [1.54, 1.807) is 0 Å². The summed E-state index contributed by atoms with van der Waals surface area (Å²) in [6.45, 7) is 12.5. The van der Waals surface area contributed by atoms with Crippen molar-refractivity contribution in [1.82, 2.24) is 0 Å². The van der Waals surface area contributed by atoms with Gasteiger partial charge < -0.3 is 10.3 Å². The number of fused-ring (bicyclic) bond motifs is 3. The molecule has 7 atom stereocenters. The van der Waals surface area contributed by atoms with Crippen LogP contribution in [0, 0.1) is 46.3 Å². The van der Waals surface area contributed by atoms with Crippen molar-refractivity contribution in [1.29, 1.82) is 0 Å². The van der Waals surface area contributed by atoms with Crippen molar-refractivity contribution in [3.8, 4) is 0 Å². The minimum atomic E-state index is 0.0230. The van der Waals surface area contributed by atoms with Crippen LogP contribution >= 0.6 is 0 Å². The smallest absolute Gasteiger partial charge is 0.0632 e. The SMILES string of the molecule is CC(C)CCC[C@@H](C)[C@H]1CC[C@H]2[C@@H]3CC/C(=N/O)[C@](C)(CCCCO)[C@H]3CC[C@]12C. The van der Waals surface area contributed by atoms with Gasteiger partial charge in [0.1, 0.15) is 0 Å². The molecule has 3 saturated carbocycles. The molecule has 0 heterocycles. The molecule has 0 aromatic carbocycles. The van der Waals surface area contributed by atoms with Crippen LogP contribution in [0.2, 0.25) is 0 Å². The maximum atomic E-state index is 9.79. The van der Waals surface area contributed by atoms with Gasteiger partial charge in [-0.05, 0) is 92.3 Å². The normalized spacial score (nSPS) is 41.1. The van der Waals surface area contributed by atoms with Crippen LogP contribution in [0.25, 0.3) is 0 Å². The summed E-state index contributed by atoms with van der Waals surface area (Å²) in [5.41, 5.74) is 1.58. The Bertz CT molecular complexity index is 587. The fourth-order valence-corrected chi connectivity index (χ4v) is 8.41. The Balaban J connectivity index is 1.73. The summed E-state index contributed by atoms with van der Waals surface area (Å²) in [7, 11) is 0. The number of aliphatic hydroxyl groups excluding tert-OH is 1. The second-order valence-corrected chi connectivity index (χ2v) is 12.1. The molecule has 0 spiro atoms. The van der Waals surface area contributed by atoms with Crippen molar-refractivity contribution < 1.29 is 10.3 Å². The predicted molar refractivity (Wildman–Crippen MR) is 126 cm³/mol. The lowest BCUT2D eigenvalue weighted by molar-refractivity contribution is -0.0454. The molecule has 3 fully saturated rings. The van der Waals surface area contributed by atoms with E-state index in [-0.39, 0.29) is 12.0 Å². The molecule has 0 aliphatic heterocycles. The molecular weight excluding hydrogens is 370 g/mol. The summed E-state index contributed by atoms with van der Waals surface area (Å²) in [4.78, 5) is 0. The van der Waals surface area contributed by atoms with E-state index in [4.69, 9.17) is 0 Å². The van der Waals surface area contributed by atoms with Crippen molar-refractivity contribution in [3.63, 3.8) is 0 Å². The van der Waals surface area contributed by atoms with Crippen LogP contribution in [-0.4, -0.2) is 22.6 Å². The van der Waals surface area contributed by atoms with E-state index in [0.717, 1.165) is 61.0 Å². The van der Waals surface area contributed by atoms with E-state index < -0.39 is 0 Å². The molecule has 0 aromatic heterocycles. The second kappa shape index (κ2) is 9.92. The van der Waals surface area contributed by atoms with Gasteiger partial charge in [-0.25, -0.2) is 0 Å². The number of hydrogen-bond acceptors (Lipinski definition) is 3. The van der Waals surface area contributed by atoms with Crippen molar-refractivity contribution >= 4 is 5.71 Å². The molecule has 0 unspecified atom stereocenters. The Morgan fingerprint density at radius 1 is 0.967 bits per heavy atom. The van der Waals surface area contributed by atoms with Gasteiger partial charge in [0.25, 0.3) is 0 Å². The van der Waals surface area contributed by atoms with Gasteiger partial charge >= 0.3 is 0 Å². The van der Waals surface area contributed by atoms with Crippen molar-refractivity contribution in [3.05, 3.63) is 0 Å². The monoisotopic (exact) mass is 419 g/mol. The lowest BCUT2D eigenvalue weighted by Crippen LogP contribution is -2.52. The van der Waals surface area contributed by atoms with E-state index in [2.05, 4.69) is 39.8 Å². The zero-order valence-electron chi connectivity index (χ0n) is 20.5. The number of nitrogens with zero attached hydrogens (tertiary/aromatic N) is 1. The third-order valence-corrected chi connectivity index (χ3v) is 10.1. The Morgan fingerprint density at radius 2 is 1.73 bits per heavy atom. The van der Waals surface area contributed by atoms with E-state index in [0.29, 0.717) is 11.3 Å². The third-order valence-electron chi connectivity index (χ3n) is 10.1. The molecule has 3 aliphatic rings. The lowest BCUT2D eigenvalue weighted by Gasteiger charge is -2.57. The minimum Gasteiger partial charge on any atom is -0.411 e. The van der Waals surface area contributed by atoms with E-state index >= 15 is 0 Å². The van der Waals surface area contributed by atoms with Gasteiger partial charge in [0.05, 0.1) is 5.71 Å². The highest BCUT2D eigenvalue weighted by Crippen LogP contribution is 2.66. The van der Waals surface area contributed by atoms with Gasteiger partial charge in [0, 0.05) is 12.0 Å². The number of oxime groups is 1. The quantitative estimate of drug-likeness (QED) is 0.234. The van der Waals surface area contributed by atoms with E-state index in [1.165, 1.54) is 51.4 Å². The molecule has 0 saturated heterocycles. The molecule has 3 nitrogen and oxygen atoms in total. The van der Waals surface area contributed by atoms with Crippen LogP contribution < -0.4 is 0 Å². The van der Waals surface area contributed by atoms with Gasteiger partial charge in [0.15, 0.2) is 0 Å². The summed E-state index contributed by atoms with van der Waals surface area (Å²) in [5.74, 6) is 4.87. The molecular formula is C27H49NO2. The first kappa shape index (κ1) is 24.1. The van der Waals surface area contributed by atoms with Crippen LogP contribution in [-0.2, 0) is 0 Å². The maximum absolute atomic E-state index is 9.79. The third kappa shape index (κ3) is 4.48. The predicted octanol–water partition coefficient (Wildman–Crippen LogP) is 7.30. The van der Waals surface area contributed by atoms with Crippen molar-refractivity contribution in [2.45, 2.75) is 112 Å². The Labute approximate surface area is 186 Å². The second-order valence-electron chi connectivity index (χ2n) is 12.1. The van der Waals surface area contributed by atoms with Crippen LogP contribution in [0.3, 0.4) is 0 Å². The molecule has 0 amide bonds. The Hall–Kier alpha value is -0.570. The van der Waals surface area contributed by atoms with Gasteiger partial charge in [0.2, 0.25) is 0 Å². The number of aliphatic hydroxyl groups is 1.